The van der Waals surface area contributed by atoms with Crippen LogP contribution in [0.5, 0.6) is 0 Å². The molecule has 2 aromatic rings. The summed E-state index contributed by atoms with van der Waals surface area (Å²) in [5, 5.41) is 2.88. The monoisotopic (exact) mass is 730 g/mol. The van der Waals surface area contributed by atoms with Gasteiger partial charge in [-0.3, -0.25) is 13.9 Å². The highest BCUT2D eigenvalue weighted by molar-refractivity contribution is 7.99. The van der Waals surface area contributed by atoms with Crippen molar-refractivity contribution >= 4 is 56.9 Å². The lowest BCUT2D eigenvalue weighted by Gasteiger charge is -2.35. The molecule has 274 valence electrons. The van der Waals surface area contributed by atoms with Gasteiger partial charge in [0.05, 0.1) is 11.4 Å². The van der Waals surface area contributed by atoms with Gasteiger partial charge in [0.1, 0.15) is 4.90 Å². The van der Waals surface area contributed by atoms with E-state index in [9.17, 15) is 22.8 Å². The summed E-state index contributed by atoms with van der Waals surface area (Å²) >= 11 is 1.53. The van der Waals surface area contributed by atoms with Crippen LogP contribution >= 0.6 is 11.8 Å². The molecule has 1 N–H and O–H groups in total. The summed E-state index contributed by atoms with van der Waals surface area (Å²) in [5.41, 5.74) is -1.04. The van der Waals surface area contributed by atoms with Crippen LogP contribution in [0.15, 0.2) is 63.3 Å². The van der Waals surface area contributed by atoms with Crippen LogP contribution in [0.3, 0.4) is 0 Å². The normalized spacial score (nSPS) is 16.9. The van der Waals surface area contributed by atoms with E-state index in [1.54, 1.807) is 24.3 Å². The predicted octanol–water partition coefficient (Wildman–Crippen LogP) is 6.77. The van der Waals surface area contributed by atoms with Gasteiger partial charge in [0.2, 0.25) is 0 Å². The van der Waals surface area contributed by atoms with E-state index in [-0.39, 0.29) is 36.0 Å². The summed E-state index contributed by atoms with van der Waals surface area (Å²) in [7, 11) is -4.25. The standard InChI is InChI=1S/C36H50N4O8S2/c1-5-7-9-14-23-47-25-16-26-49-29-19-12-10-17-27(29)38-33(41)31(40-34(42)36(3,4)48-35(40)43)32-37-28-18-11-13-20-30(28)50(44,45)39(32)21-15-24-46-22-8-6-2/h10-13,17-20,31H,5-9,14-16,21-26H2,1-4H3,(H,38,41). The fourth-order valence-electron chi connectivity index (χ4n) is 5.51. The number of amidine groups is 1. The van der Waals surface area contributed by atoms with Crippen LogP contribution in [-0.4, -0.2) is 91.7 Å². The average molecular weight is 731 g/mol. The number of anilines is 1. The van der Waals surface area contributed by atoms with Gasteiger partial charge in [0, 0.05) is 43.6 Å². The predicted molar refractivity (Wildman–Crippen MR) is 194 cm³/mol. The first-order chi connectivity index (χ1) is 24.0. The number of unbranched alkanes of at least 4 members (excludes halogenated alkanes) is 4. The number of nitrogens with zero attached hydrogens (tertiary/aromatic N) is 3. The van der Waals surface area contributed by atoms with Crippen molar-refractivity contribution in [3.05, 3.63) is 48.5 Å². The molecule has 0 bridgehead atoms. The molecule has 0 saturated carbocycles. The van der Waals surface area contributed by atoms with Gasteiger partial charge in [-0.2, -0.15) is 0 Å². The number of hydrogen-bond donors (Lipinski definition) is 1. The second-order valence-electron chi connectivity index (χ2n) is 12.7. The third-order valence-electron chi connectivity index (χ3n) is 8.22. The summed E-state index contributed by atoms with van der Waals surface area (Å²) in [6.45, 7) is 9.12. The number of nitrogens with one attached hydrogen (secondary N) is 1. The maximum Gasteiger partial charge on any atom is 0.418 e. The zero-order chi connectivity index (χ0) is 36.1. The summed E-state index contributed by atoms with van der Waals surface area (Å²) in [6, 6.07) is 11.6. The topological polar surface area (TPSA) is 144 Å². The molecule has 1 fully saturated rings. The van der Waals surface area contributed by atoms with E-state index in [2.05, 4.69) is 17.2 Å². The molecule has 1 atom stereocenters. The van der Waals surface area contributed by atoms with Crippen molar-refractivity contribution in [3.8, 4) is 0 Å². The molecule has 1 saturated heterocycles. The Bertz CT molecular complexity index is 1610. The second kappa shape index (κ2) is 18.7. The molecular formula is C36H50N4O8S2. The molecule has 2 aliphatic heterocycles. The zero-order valence-electron chi connectivity index (χ0n) is 29.5. The summed E-state index contributed by atoms with van der Waals surface area (Å²) < 4.78 is 46.1. The highest BCUT2D eigenvalue weighted by atomic mass is 32.2. The van der Waals surface area contributed by atoms with Crippen LogP contribution in [0.1, 0.15) is 79.1 Å². The van der Waals surface area contributed by atoms with Gasteiger partial charge in [-0.1, -0.05) is 63.8 Å². The van der Waals surface area contributed by atoms with Crippen molar-refractivity contribution in [3.63, 3.8) is 0 Å². The summed E-state index contributed by atoms with van der Waals surface area (Å²) in [6.07, 6.45) is 6.43. The maximum atomic E-state index is 14.4. The first kappa shape index (κ1) is 39.3. The molecule has 50 heavy (non-hydrogen) atoms. The van der Waals surface area contributed by atoms with Crippen molar-refractivity contribution in [2.75, 3.05) is 44.0 Å². The number of carbonyl (C=O) groups excluding carboxylic acids is 3. The maximum absolute atomic E-state index is 14.4. The van der Waals surface area contributed by atoms with Gasteiger partial charge in [0.15, 0.2) is 17.5 Å². The molecule has 2 heterocycles. The number of hydrogen-bond acceptors (Lipinski definition) is 10. The van der Waals surface area contributed by atoms with E-state index >= 15 is 0 Å². The molecule has 14 heteroatoms. The van der Waals surface area contributed by atoms with E-state index in [0.29, 0.717) is 23.8 Å². The molecule has 3 amide bonds. The van der Waals surface area contributed by atoms with E-state index in [1.807, 2.05) is 19.1 Å². The quantitative estimate of drug-likeness (QED) is 0.109. The first-order valence-corrected chi connectivity index (χ1v) is 19.9. The highest BCUT2D eigenvalue weighted by Crippen LogP contribution is 2.36. The molecular weight excluding hydrogens is 681 g/mol. The molecule has 0 spiro atoms. The number of fused-ring (bicyclic) bond motifs is 1. The molecule has 2 aliphatic rings. The van der Waals surface area contributed by atoms with Crippen molar-refractivity contribution in [1.82, 2.24) is 9.21 Å². The van der Waals surface area contributed by atoms with Gasteiger partial charge < -0.3 is 19.5 Å². The van der Waals surface area contributed by atoms with Crippen LogP contribution < -0.4 is 5.32 Å². The SMILES string of the molecule is CCCCCCOCCCSc1ccccc1NC(=O)C(C1=Nc2ccccc2S(=O)(=O)N1CCCOCCCC)N1C(=O)OC(C)(C)C1=O. The van der Waals surface area contributed by atoms with Crippen LogP contribution in [-0.2, 0) is 33.8 Å². The minimum absolute atomic E-state index is 0.0443. The molecule has 4 rings (SSSR count). The van der Waals surface area contributed by atoms with Crippen molar-refractivity contribution < 1.29 is 37.0 Å². The largest absolute Gasteiger partial charge is 0.433 e. The number of thioether (sulfide) groups is 1. The number of imide groups is 1. The summed E-state index contributed by atoms with van der Waals surface area (Å²) in [5.74, 6) is -1.15. The lowest BCUT2D eigenvalue weighted by Crippen LogP contribution is -2.59. The molecule has 2 aromatic carbocycles. The number of amides is 3. The van der Waals surface area contributed by atoms with E-state index < -0.39 is 39.6 Å². The number of sulfonamides is 1. The van der Waals surface area contributed by atoms with Crippen LogP contribution in [0, 0.1) is 0 Å². The number of rotatable bonds is 21. The Balaban J connectivity index is 1.62. The van der Waals surface area contributed by atoms with Crippen LogP contribution in [0.4, 0.5) is 16.2 Å². The minimum atomic E-state index is -4.25. The highest BCUT2D eigenvalue weighted by Gasteiger charge is 2.55. The fraction of sp³-hybridized carbons (Fsp3) is 0.556. The zero-order valence-corrected chi connectivity index (χ0v) is 31.2. The number of para-hydroxylation sites is 2. The Morgan fingerprint density at radius 1 is 0.900 bits per heavy atom. The van der Waals surface area contributed by atoms with Crippen molar-refractivity contribution in [2.24, 2.45) is 4.99 Å². The Labute approximate surface area is 300 Å². The molecule has 12 nitrogen and oxygen atoms in total. The summed E-state index contributed by atoms with van der Waals surface area (Å²) in [4.78, 5) is 47.5. The Kier molecular flexibility index (Phi) is 14.7. The Morgan fingerprint density at radius 2 is 1.56 bits per heavy atom. The Hall–Kier alpha value is -3.46. The van der Waals surface area contributed by atoms with Crippen molar-refractivity contribution in [2.45, 2.75) is 100 Å². The van der Waals surface area contributed by atoms with Gasteiger partial charge in [0.25, 0.3) is 21.8 Å². The molecule has 0 aromatic heterocycles. The third-order valence-corrected chi connectivity index (χ3v) is 11.2. The van der Waals surface area contributed by atoms with E-state index in [4.69, 9.17) is 14.2 Å². The lowest BCUT2D eigenvalue weighted by molar-refractivity contribution is -0.137. The van der Waals surface area contributed by atoms with Crippen LogP contribution in [0.25, 0.3) is 0 Å². The number of benzene rings is 2. The molecule has 0 radical (unpaired) electrons. The number of ether oxygens (including phenoxy) is 3. The van der Waals surface area contributed by atoms with E-state index in [1.165, 1.54) is 50.6 Å². The van der Waals surface area contributed by atoms with Gasteiger partial charge in [-0.15, -0.1) is 11.8 Å². The third kappa shape index (κ3) is 9.86. The smallest absolute Gasteiger partial charge is 0.418 e. The minimum Gasteiger partial charge on any atom is -0.433 e. The second-order valence-corrected chi connectivity index (χ2v) is 15.6. The molecule has 1 unspecified atom stereocenters. The van der Waals surface area contributed by atoms with E-state index in [0.717, 1.165) is 53.7 Å². The number of cyclic esters (lactones) is 1. The van der Waals surface area contributed by atoms with Crippen LogP contribution in [0.2, 0.25) is 0 Å². The average Bonchev–Trinajstić information content (AvgIpc) is 3.28. The number of carbonyl (C=O) groups is 3. The molecule has 0 aliphatic carbocycles. The first-order valence-electron chi connectivity index (χ1n) is 17.5. The fourth-order valence-corrected chi connectivity index (χ4v) is 8.06. The van der Waals surface area contributed by atoms with Gasteiger partial charge >= 0.3 is 6.09 Å². The lowest BCUT2D eigenvalue weighted by atomic mass is 10.1. The number of aliphatic imine (C=N–C) groups is 1. The van der Waals surface area contributed by atoms with Gasteiger partial charge in [-0.05, 0) is 63.8 Å². The van der Waals surface area contributed by atoms with Gasteiger partial charge in [-0.25, -0.2) is 23.1 Å². The Morgan fingerprint density at radius 3 is 2.28 bits per heavy atom. The van der Waals surface area contributed by atoms with Crippen molar-refractivity contribution in [1.29, 1.82) is 0 Å².